The van der Waals surface area contributed by atoms with Crippen LogP contribution in [0.25, 0.3) is 11.1 Å². The molecule has 120 valence electrons. The van der Waals surface area contributed by atoms with Crippen molar-refractivity contribution in [3.05, 3.63) is 59.9 Å². The van der Waals surface area contributed by atoms with E-state index in [4.69, 9.17) is 0 Å². The third-order valence-corrected chi connectivity index (χ3v) is 4.33. The Balaban J connectivity index is 1.71. The van der Waals surface area contributed by atoms with Gasteiger partial charge in [-0.3, -0.25) is 9.69 Å². The maximum atomic E-state index is 13.0. The fourth-order valence-electron chi connectivity index (χ4n) is 2.81. The molecule has 0 spiro atoms. The van der Waals surface area contributed by atoms with Crippen molar-refractivity contribution < 1.29 is 9.18 Å². The van der Waals surface area contributed by atoms with Gasteiger partial charge in [-0.1, -0.05) is 30.3 Å². The lowest BCUT2D eigenvalue weighted by Gasteiger charge is -2.31. The summed E-state index contributed by atoms with van der Waals surface area (Å²) in [6.07, 6.45) is 0. The van der Waals surface area contributed by atoms with Crippen molar-refractivity contribution in [1.29, 1.82) is 0 Å². The zero-order valence-corrected chi connectivity index (χ0v) is 13.3. The van der Waals surface area contributed by atoms with Crippen LogP contribution in [0.1, 0.15) is 10.4 Å². The van der Waals surface area contributed by atoms with Crippen LogP contribution in [0.15, 0.2) is 48.5 Å². The summed E-state index contributed by atoms with van der Waals surface area (Å²) in [7, 11) is 2.10. The van der Waals surface area contributed by atoms with Crippen LogP contribution >= 0.6 is 0 Å². The zero-order chi connectivity index (χ0) is 16.2. The predicted molar refractivity (Wildman–Crippen MR) is 90.1 cm³/mol. The van der Waals surface area contributed by atoms with Gasteiger partial charge < -0.3 is 4.90 Å². The Hall–Kier alpha value is -2.04. The van der Waals surface area contributed by atoms with Crippen LogP contribution in [0.4, 0.5) is 4.39 Å². The Kier molecular flexibility index (Phi) is 4.84. The molecule has 0 aliphatic carbocycles. The van der Waals surface area contributed by atoms with Crippen LogP contribution in [0.3, 0.4) is 0 Å². The largest absolute Gasteiger partial charge is 0.304 e. The van der Waals surface area contributed by atoms with Crippen LogP contribution in [0.5, 0.6) is 0 Å². The van der Waals surface area contributed by atoms with Crippen LogP contribution in [-0.2, 0) is 0 Å². The maximum Gasteiger partial charge on any atom is 0.176 e. The molecule has 1 fully saturated rings. The van der Waals surface area contributed by atoms with E-state index in [0.717, 1.165) is 37.3 Å². The van der Waals surface area contributed by atoms with Crippen molar-refractivity contribution in [2.24, 2.45) is 0 Å². The second kappa shape index (κ2) is 7.02. The number of likely N-dealkylation sites (N-methyl/N-ethyl adjacent to an activating group) is 1. The molecular weight excluding hydrogens is 291 g/mol. The number of hydrogen-bond donors (Lipinski definition) is 0. The highest BCUT2D eigenvalue weighted by molar-refractivity contribution is 5.98. The molecule has 23 heavy (non-hydrogen) atoms. The summed E-state index contributed by atoms with van der Waals surface area (Å²) in [5.41, 5.74) is 2.57. The first kappa shape index (κ1) is 15.8. The first-order chi connectivity index (χ1) is 11.1. The van der Waals surface area contributed by atoms with Crippen LogP contribution < -0.4 is 0 Å². The zero-order valence-electron chi connectivity index (χ0n) is 13.3. The van der Waals surface area contributed by atoms with Crippen LogP contribution in [-0.4, -0.2) is 55.4 Å². The number of carbonyl (C=O) groups excluding carboxylic acids is 1. The summed E-state index contributed by atoms with van der Waals surface area (Å²) in [6.45, 7) is 4.33. The summed E-state index contributed by atoms with van der Waals surface area (Å²) in [6, 6.07) is 13.9. The minimum Gasteiger partial charge on any atom is -0.304 e. The quantitative estimate of drug-likeness (QED) is 0.811. The van der Waals surface area contributed by atoms with Gasteiger partial charge in [0, 0.05) is 31.7 Å². The minimum absolute atomic E-state index is 0.138. The molecule has 0 N–H and O–H groups in total. The third-order valence-electron chi connectivity index (χ3n) is 4.33. The smallest absolute Gasteiger partial charge is 0.176 e. The molecule has 0 saturated carbocycles. The van der Waals surface area contributed by atoms with E-state index in [-0.39, 0.29) is 11.6 Å². The van der Waals surface area contributed by atoms with Gasteiger partial charge in [0.25, 0.3) is 0 Å². The van der Waals surface area contributed by atoms with Crippen LogP contribution in [0.2, 0.25) is 0 Å². The van der Waals surface area contributed by atoms with E-state index in [2.05, 4.69) is 16.8 Å². The number of nitrogens with zero attached hydrogens (tertiary/aromatic N) is 2. The number of rotatable bonds is 4. The van der Waals surface area contributed by atoms with E-state index in [9.17, 15) is 9.18 Å². The second-order valence-corrected chi connectivity index (χ2v) is 6.09. The molecule has 0 bridgehead atoms. The monoisotopic (exact) mass is 312 g/mol. The molecule has 0 unspecified atom stereocenters. The summed E-state index contributed by atoms with van der Waals surface area (Å²) >= 11 is 0. The molecule has 1 aliphatic heterocycles. The summed E-state index contributed by atoms with van der Waals surface area (Å²) in [5, 5.41) is 0. The molecule has 2 aromatic rings. The lowest BCUT2D eigenvalue weighted by molar-refractivity contribution is 0.0876. The molecule has 1 heterocycles. The van der Waals surface area contributed by atoms with E-state index in [1.165, 1.54) is 12.1 Å². The van der Waals surface area contributed by atoms with E-state index >= 15 is 0 Å². The highest BCUT2D eigenvalue weighted by Crippen LogP contribution is 2.21. The number of halogens is 1. The molecule has 1 saturated heterocycles. The first-order valence-corrected chi connectivity index (χ1v) is 7.92. The van der Waals surface area contributed by atoms with Crippen molar-refractivity contribution in [2.45, 2.75) is 0 Å². The van der Waals surface area contributed by atoms with E-state index in [1.807, 2.05) is 24.3 Å². The van der Waals surface area contributed by atoms with Gasteiger partial charge in [0.2, 0.25) is 0 Å². The van der Waals surface area contributed by atoms with E-state index < -0.39 is 0 Å². The summed E-state index contributed by atoms with van der Waals surface area (Å²) in [4.78, 5) is 17.0. The predicted octanol–water partition coefficient (Wildman–Crippen LogP) is 2.92. The molecule has 2 aromatic carbocycles. The molecule has 0 aromatic heterocycles. The number of ketones is 1. The maximum absolute atomic E-state index is 13.0. The molecular formula is C19H21FN2O. The minimum atomic E-state index is -0.254. The number of piperazine rings is 1. The Morgan fingerprint density at radius 1 is 1.00 bits per heavy atom. The van der Waals surface area contributed by atoms with Crippen molar-refractivity contribution in [3.8, 4) is 11.1 Å². The highest BCUT2D eigenvalue weighted by Gasteiger charge is 2.17. The summed E-state index contributed by atoms with van der Waals surface area (Å²) in [5.74, 6) is -0.116. The standard InChI is InChI=1S/C19H21FN2O/c1-21-9-11-22(12-10-21)14-19(23)17-4-2-3-16(13-17)15-5-7-18(20)8-6-15/h2-8,13H,9-12,14H2,1H3. The Bertz CT molecular complexity index is 676. The molecule has 0 atom stereocenters. The number of Topliss-reactive ketones (excluding diaryl/α,β-unsaturated/α-hetero) is 1. The molecule has 4 heteroatoms. The fourth-order valence-corrected chi connectivity index (χ4v) is 2.81. The van der Waals surface area contributed by atoms with E-state index in [0.29, 0.717) is 12.1 Å². The van der Waals surface area contributed by atoms with Gasteiger partial charge in [0.05, 0.1) is 6.54 Å². The van der Waals surface area contributed by atoms with Crippen molar-refractivity contribution in [1.82, 2.24) is 9.80 Å². The van der Waals surface area contributed by atoms with Gasteiger partial charge in [-0.25, -0.2) is 4.39 Å². The van der Waals surface area contributed by atoms with Gasteiger partial charge in [-0.05, 0) is 36.4 Å². The van der Waals surface area contributed by atoms with Gasteiger partial charge in [-0.2, -0.15) is 0 Å². The topological polar surface area (TPSA) is 23.6 Å². The Morgan fingerprint density at radius 2 is 1.70 bits per heavy atom. The van der Waals surface area contributed by atoms with Crippen molar-refractivity contribution in [2.75, 3.05) is 39.8 Å². The van der Waals surface area contributed by atoms with Crippen molar-refractivity contribution in [3.63, 3.8) is 0 Å². The van der Waals surface area contributed by atoms with Crippen molar-refractivity contribution >= 4 is 5.78 Å². The van der Waals surface area contributed by atoms with Gasteiger partial charge in [0.15, 0.2) is 5.78 Å². The van der Waals surface area contributed by atoms with Gasteiger partial charge in [0.1, 0.15) is 5.82 Å². The van der Waals surface area contributed by atoms with Gasteiger partial charge in [-0.15, -0.1) is 0 Å². The Morgan fingerprint density at radius 3 is 2.39 bits per heavy atom. The lowest BCUT2D eigenvalue weighted by atomic mass is 10.0. The first-order valence-electron chi connectivity index (χ1n) is 7.92. The number of benzene rings is 2. The fraction of sp³-hybridized carbons (Fsp3) is 0.316. The average molecular weight is 312 g/mol. The number of carbonyl (C=O) groups is 1. The average Bonchev–Trinajstić information content (AvgIpc) is 2.58. The van der Waals surface area contributed by atoms with Crippen LogP contribution in [0, 0.1) is 5.82 Å². The Labute approximate surface area is 136 Å². The molecule has 1 aliphatic rings. The van der Waals surface area contributed by atoms with Gasteiger partial charge >= 0.3 is 0 Å². The SMILES string of the molecule is CN1CCN(CC(=O)c2cccc(-c3ccc(F)cc3)c2)CC1. The number of hydrogen-bond acceptors (Lipinski definition) is 3. The molecule has 3 nitrogen and oxygen atoms in total. The third kappa shape index (κ3) is 4.03. The molecule has 0 amide bonds. The van der Waals surface area contributed by atoms with E-state index in [1.54, 1.807) is 12.1 Å². The highest BCUT2D eigenvalue weighted by atomic mass is 19.1. The molecule has 3 rings (SSSR count). The molecule has 0 radical (unpaired) electrons. The lowest BCUT2D eigenvalue weighted by Crippen LogP contribution is -2.46. The second-order valence-electron chi connectivity index (χ2n) is 6.09. The normalized spacial score (nSPS) is 16.4. The summed E-state index contributed by atoms with van der Waals surface area (Å²) < 4.78 is 13.0.